The van der Waals surface area contributed by atoms with E-state index in [1.807, 2.05) is 19.2 Å². The van der Waals surface area contributed by atoms with Gasteiger partial charge >= 0.3 is 0 Å². The van der Waals surface area contributed by atoms with Crippen molar-refractivity contribution in [1.29, 1.82) is 5.26 Å². The molecule has 0 radical (unpaired) electrons. The molecular weight excluding hydrogens is 358 g/mol. The first-order valence-corrected chi connectivity index (χ1v) is 10.6. The third-order valence-corrected chi connectivity index (χ3v) is 7.41. The Labute approximate surface area is 154 Å². The van der Waals surface area contributed by atoms with E-state index < -0.39 is 0 Å². The summed E-state index contributed by atoms with van der Waals surface area (Å²) in [4.78, 5) is 18.2. The highest BCUT2D eigenvalue weighted by Gasteiger charge is 2.23. The van der Waals surface area contributed by atoms with Gasteiger partial charge in [0.25, 0.3) is 0 Å². The Morgan fingerprint density at radius 1 is 1.42 bits per heavy atom. The molecular formula is C17H19N3OS3. The fourth-order valence-electron chi connectivity index (χ4n) is 2.75. The molecule has 126 valence electrons. The number of thiazole rings is 1. The normalized spacial score (nSPS) is 15.2. The smallest absolute Gasteiger partial charge is 0.238 e. The lowest BCUT2D eigenvalue weighted by Gasteiger charge is -2.09. The van der Waals surface area contributed by atoms with E-state index in [0.29, 0.717) is 5.56 Å². The topological polar surface area (TPSA) is 65.8 Å². The zero-order valence-corrected chi connectivity index (χ0v) is 16.2. The Kier molecular flexibility index (Phi) is 5.59. The summed E-state index contributed by atoms with van der Waals surface area (Å²) in [6, 6.07) is 2.31. The Bertz CT molecular complexity index is 788. The summed E-state index contributed by atoms with van der Waals surface area (Å²) in [5.74, 6) is -0.0687. The van der Waals surface area contributed by atoms with Crippen molar-refractivity contribution >= 4 is 45.3 Å². The molecule has 0 saturated carbocycles. The molecule has 0 aliphatic heterocycles. The van der Waals surface area contributed by atoms with Crippen LogP contribution in [0.4, 0.5) is 5.00 Å². The number of fused-ring (bicyclic) bond motifs is 1. The fraction of sp³-hybridized carbons (Fsp3) is 0.471. The number of aromatic nitrogens is 1. The summed E-state index contributed by atoms with van der Waals surface area (Å²) in [6.07, 6.45) is 5.48. The number of thiophene rings is 1. The van der Waals surface area contributed by atoms with Crippen LogP contribution in [0.3, 0.4) is 0 Å². The van der Waals surface area contributed by atoms with Crippen LogP contribution >= 0.6 is 34.4 Å². The summed E-state index contributed by atoms with van der Waals surface area (Å²) in [5, 5.41) is 15.0. The van der Waals surface area contributed by atoms with Gasteiger partial charge in [0.1, 0.15) is 11.1 Å². The number of nitrogens with zero attached hydrogens (tertiary/aromatic N) is 2. The minimum atomic E-state index is -0.246. The highest BCUT2D eigenvalue weighted by atomic mass is 32.2. The van der Waals surface area contributed by atoms with Crippen LogP contribution in [0.25, 0.3) is 0 Å². The van der Waals surface area contributed by atoms with Gasteiger partial charge in [-0.25, -0.2) is 4.98 Å². The van der Waals surface area contributed by atoms with Crippen molar-refractivity contribution in [3.05, 3.63) is 27.1 Å². The van der Waals surface area contributed by atoms with E-state index in [1.165, 1.54) is 29.5 Å². The highest BCUT2D eigenvalue weighted by molar-refractivity contribution is 8.02. The van der Waals surface area contributed by atoms with Gasteiger partial charge in [-0.2, -0.15) is 5.26 Å². The average Bonchev–Trinajstić information content (AvgIpc) is 3.02. The van der Waals surface area contributed by atoms with Crippen molar-refractivity contribution in [3.63, 3.8) is 0 Å². The Morgan fingerprint density at radius 3 is 2.92 bits per heavy atom. The second-order valence-electron chi connectivity index (χ2n) is 5.88. The monoisotopic (exact) mass is 377 g/mol. The molecule has 0 unspecified atom stereocenters. The average molecular weight is 378 g/mol. The summed E-state index contributed by atoms with van der Waals surface area (Å²) in [6.45, 7) is 3.82. The first-order chi connectivity index (χ1) is 11.6. The third-order valence-electron chi connectivity index (χ3n) is 4.01. The number of thioether (sulfide) groups is 1. The Hall–Kier alpha value is -1.36. The van der Waals surface area contributed by atoms with Crippen LogP contribution in [0.5, 0.6) is 0 Å². The molecule has 0 bridgehead atoms. The largest absolute Gasteiger partial charge is 0.316 e. The molecule has 24 heavy (non-hydrogen) atoms. The van der Waals surface area contributed by atoms with E-state index >= 15 is 0 Å². The van der Waals surface area contributed by atoms with Crippen molar-refractivity contribution in [2.24, 2.45) is 0 Å². The van der Waals surface area contributed by atoms with Crippen LogP contribution in [0, 0.1) is 18.3 Å². The van der Waals surface area contributed by atoms with Crippen LogP contribution < -0.4 is 5.32 Å². The van der Waals surface area contributed by atoms with Gasteiger partial charge in [0.05, 0.1) is 10.8 Å². The van der Waals surface area contributed by atoms with Crippen LogP contribution in [-0.2, 0) is 17.6 Å². The predicted octanol–water partition coefficient (Wildman–Crippen LogP) is 4.77. The number of hydrogen-bond acceptors (Lipinski definition) is 6. The Balaban J connectivity index is 1.73. The number of anilines is 1. The maximum absolute atomic E-state index is 12.5. The zero-order chi connectivity index (χ0) is 17.1. The number of nitriles is 1. The maximum atomic E-state index is 12.5. The molecule has 0 saturated heterocycles. The maximum Gasteiger partial charge on any atom is 0.238 e. The first-order valence-electron chi connectivity index (χ1n) is 8.02. The van der Waals surface area contributed by atoms with Crippen LogP contribution in [0.15, 0.2) is 9.72 Å². The van der Waals surface area contributed by atoms with E-state index in [-0.39, 0.29) is 11.2 Å². The number of carbonyl (C=O) groups excluding carboxylic acids is 1. The quantitative estimate of drug-likeness (QED) is 0.615. The highest BCUT2D eigenvalue weighted by Crippen LogP contribution is 2.37. The van der Waals surface area contributed by atoms with Crippen molar-refractivity contribution < 1.29 is 4.79 Å². The second kappa shape index (κ2) is 7.68. The first kappa shape index (κ1) is 17.5. The molecule has 2 aromatic heterocycles. The number of hydrogen-bond donors (Lipinski definition) is 1. The molecule has 1 aliphatic carbocycles. The zero-order valence-electron chi connectivity index (χ0n) is 13.7. The molecule has 1 amide bonds. The summed E-state index contributed by atoms with van der Waals surface area (Å²) in [7, 11) is 0. The molecule has 0 fully saturated rings. The van der Waals surface area contributed by atoms with Gasteiger partial charge in [-0.3, -0.25) is 4.79 Å². The summed E-state index contributed by atoms with van der Waals surface area (Å²) < 4.78 is 0.901. The van der Waals surface area contributed by atoms with E-state index in [2.05, 4.69) is 16.4 Å². The SMILES string of the molecule is Cc1csc(S[C@H](C)C(=O)Nc2sc3c(c2C#N)CCCCC3)n1. The number of amides is 1. The van der Waals surface area contributed by atoms with Crippen LogP contribution in [-0.4, -0.2) is 16.1 Å². The van der Waals surface area contributed by atoms with Crippen molar-refractivity contribution in [1.82, 2.24) is 4.98 Å². The van der Waals surface area contributed by atoms with Gasteiger partial charge in [-0.15, -0.1) is 22.7 Å². The lowest BCUT2D eigenvalue weighted by atomic mass is 10.1. The van der Waals surface area contributed by atoms with Crippen molar-refractivity contribution in [2.45, 2.75) is 55.5 Å². The van der Waals surface area contributed by atoms with E-state index in [0.717, 1.165) is 39.9 Å². The summed E-state index contributed by atoms with van der Waals surface area (Å²) >= 11 is 4.60. The number of rotatable bonds is 4. The van der Waals surface area contributed by atoms with Gasteiger partial charge in [0.2, 0.25) is 5.91 Å². The van der Waals surface area contributed by atoms with Gasteiger partial charge in [-0.05, 0) is 45.1 Å². The van der Waals surface area contributed by atoms with E-state index in [1.54, 1.807) is 22.7 Å². The molecule has 0 aromatic carbocycles. The number of nitrogens with one attached hydrogen (secondary N) is 1. The minimum absolute atomic E-state index is 0.0687. The fourth-order valence-corrected chi connectivity index (χ4v) is 5.98. The lowest BCUT2D eigenvalue weighted by molar-refractivity contribution is -0.115. The predicted molar refractivity (Wildman–Crippen MR) is 101 cm³/mol. The molecule has 3 rings (SSSR count). The summed E-state index contributed by atoms with van der Waals surface area (Å²) in [5.41, 5.74) is 2.81. The number of carbonyl (C=O) groups is 1. The molecule has 7 heteroatoms. The van der Waals surface area contributed by atoms with Gasteiger partial charge in [-0.1, -0.05) is 18.2 Å². The van der Waals surface area contributed by atoms with Gasteiger partial charge < -0.3 is 5.32 Å². The molecule has 4 nitrogen and oxygen atoms in total. The standard InChI is InChI=1S/C17H19N3OS3/c1-10-9-22-17(19-10)23-11(2)15(21)20-16-13(8-18)12-6-4-3-5-7-14(12)24-16/h9,11H,3-7H2,1-2H3,(H,20,21)/t11-/m1/s1. The molecule has 2 heterocycles. The van der Waals surface area contributed by atoms with Gasteiger partial charge in [0.15, 0.2) is 4.34 Å². The molecule has 1 N–H and O–H groups in total. The van der Waals surface area contributed by atoms with Crippen molar-refractivity contribution in [3.8, 4) is 6.07 Å². The van der Waals surface area contributed by atoms with E-state index in [4.69, 9.17) is 0 Å². The molecule has 1 atom stereocenters. The van der Waals surface area contributed by atoms with Gasteiger partial charge in [0, 0.05) is 16.0 Å². The van der Waals surface area contributed by atoms with E-state index in [9.17, 15) is 10.1 Å². The molecule has 0 spiro atoms. The van der Waals surface area contributed by atoms with Crippen molar-refractivity contribution in [2.75, 3.05) is 5.32 Å². The number of aryl methyl sites for hydroxylation is 2. The lowest BCUT2D eigenvalue weighted by Crippen LogP contribution is -2.22. The second-order valence-corrected chi connectivity index (χ2v) is 9.44. The third kappa shape index (κ3) is 3.82. The molecule has 1 aliphatic rings. The Morgan fingerprint density at radius 2 is 2.21 bits per heavy atom. The minimum Gasteiger partial charge on any atom is -0.316 e. The van der Waals surface area contributed by atoms with Crippen LogP contribution in [0.2, 0.25) is 0 Å². The van der Waals surface area contributed by atoms with Crippen LogP contribution in [0.1, 0.15) is 47.9 Å². The molecule has 2 aromatic rings.